The van der Waals surface area contributed by atoms with Crippen LogP contribution in [0.4, 0.5) is 11.5 Å². The number of carbonyl (C=O) groups excluding carboxylic acids is 1. The first-order valence-corrected chi connectivity index (χ1v) is 6.38. The van der Waals surface area contributed by atoms with Gasteiger partial charge in [-0.25, -0.2) is 9.97 Å². The van der Waals surface area contributed by atoms with Crippen LogP contribution in [-0.4, -0.2) is 20.8 Å². The van der Waals surface area contributed by atoms with E-state index in [1.165, 1.54) is 30.6 Å². The van der Waals surface area contributed by atoms with Crippen LogP contribution in [-0.2, 0) is 0 Å². The lowest BCUT2D eigenvalue weighted by atomic mass is 10.1. The minimum absolute atomic E-state index is 0.107. The van der Waals surface area contributed by atoms with E-state index in [1.54, 1.807) is 0 Å². The van der Waals surface area contributed by atoms with Gasteiger partial charge in [-0.15, -0.1) is 0 Å². The highest BCUT2D eigenvalue weighted by Crippen LogP contribution is 2.28. The summed E-state index contributed by atoms with van der Waals surface area (Å²) < 4.78 is 0.504. The van der Waals surface area contributed by atoms with Crippen molar-refractivity contribution >= 4 is 44.9 Å². The first kappa shape index (κ1) is 14.4. The highest BCUT2D eigenvalue weighted by molar-refractivity contribution is 9.10. The van der Waals surface area contributed by atoms with E-state index in [4.69, 9.17) is 11.6 Å². The summed E-state index contributed by atoms with van der Waals surface area (Å²) in [5.74, 6) is -0.511. The number of para-hydroxylation sites is 1. The summed E-state index contributed by atoms with van der Waals surface area (Å²) in [6, 6.07) is 4.11. The third-order valence-corrected chi connectivity index (χ3v) is 2.99. The molecule has 2 rings (SSSR count). The minimum Gasteiger partial charge on any atom is -0.305 e. The summed E-state index contributed by atoms with van der Waals surface area (Å²) in [7, 11) is 0. The fraction of sp³-hybridized carbons (Fsp3) is 0. The van der Waals surface area contributed by atoms with Gasteiger partial charge in [0, 0.05) is 0 Å². The monoisotopic (exact) mass is 356 g/mol. The minimum atomic E-state index is -0.704. The van der Waals surface area contributed by atoms with Crippen LogP contribution in [0, 0.1) is 10.1 Å². The molecule has 0 radical (unpaired) electrons. The molecule has 9 heteroatoms. The van der Waals surface area contributed by atoms with Crippen LogP contribution in [0.3, 0.4) is 0 Å². The molecule has 1 amide bonds. The average molecular weight is 358 g/mol. The number of nitrogens with one attached hydrogen (secondary N) is 1. The molecule has 1 aromatic heterocycles. The van der Waals surface area contributed by atoms with Crippen LogP contribution < -0.4 is 5.32 Å². The lowest BCUT2D eigenvalue weighted by Crippen LogP contribution is -2.15. The predicted molar refractivity (Wildman–Crippen MR) is 75.8 cm³/mol. The molecule has 1 heterocycles. The Labute approximate surface area is 126 Å². The van der Waals surface area contributed by atoms with Gasteiger partial charge < -0.3 is 5.32 Å². The molecular formula is C11H6BrClN4O3. The maximum Gasteiger partial charge on any atom is 0.300 e. The van der Waals surface area contributed by atoms with Crippen molar-refractivity contribution in [3.63, 3.8) is 0 Å². The summed E-state index contributed by atoms with van der Waals surface area (Å²) in [5.41, 5.74) is -0.594. The summed E-state index contributed by atoms with van der Waals surface area (Å²) >= 11 is 8.84. The number of hydrogen-bond donors (Lipinski definition) is 1. The Morgan fingerprint density at radius 2 is 2.10 bits per heavy atom. The second-order valence-electron chi connectivity index (χ2n) is 3.57. The molecule has 0 aliphatic carbocycles. The molecule has 0 aliphatic rings. The van der Waals surface area contributed by atoms with Crippen LogP contribution in [0.15, 0.2) is 35.2 Å². The van der Waals surface area contributed by atoms with Crippen molar-refractivity contribution in [1.82, 2.24) is 9.97 Å². The van der Waals surface area contributed by atoms with Crippen LogP contribution in [0.5, 0.6) is 0 Å². The fourth-order valence-electron chi connectivity index (χ4n) is 1.44. The Morgan fingerprint density at radius 3 is 2.70 bits per heavy atom. The standard InChI is InChI=1S/C11H6BrClN4O3/c12-8-4-15-9(5-14-8)16-11(18)6-2-1-3-7(13)10(6)17(19)20/h1-5H,(H,15,16,18). The molecular weight excluding hydrogens is 352 g/mol. The predicted octanol–water partition coefficient (Wildman–Crippen LogP) is 3.05. The zero-order valence-corrected chi connectivity index (χ0v) is 12.1. The molecule has 1 aromatic carbocycles. The van der Waals surface area contributed by atoms with Crippen LogP contribution in [0.1, 0.15) is 10.4 Å². The van der Waals surface area contributed by atoms with Gasteiger partial charge in [0.25, 0.3) is 5.91 Å². The fourth-order valence-corrected chi connectivity index (χ4v) is 1.89. The highest BCUT2D eigenvalue weighted by Gasteiger charge is 2.23. The Hall–Kier alpha value is -2.06. The third kappa shape index (κ3) is 3.09. The van der Waals surface area contributed by atoms with Gasteiger partial charge in [0.05, 0.1) is 17.3 Å². The number of anilines is 1. The number of amides is 1. The zero-order chi connectivity index (χ0) is 14.7. The van der Waals surface area contributed by atoms with Gasteiger partial charge in [-0.05, 0) is 28.1 Å². The van der Waals surface area contributed by atoms with Crippen LogP contribution in [0.2, 0.25) is 5.02 Å². The number of nitrogens with zero attached hydrogens (tertiary/aromatic N) is 3. The summed E-state index contributed by atoms with van der Waals surface area (Å²) in [6.07, 6.45) is 2.71. The molecule has 7 nitrogen and oxygen atoms in total. The molecule has 0 fully saturated rings. The molecule has 2 aromatic rings. The summed E-state index contributed by atoms with van der Waals surface area (Å²) in [4.78, 5) is 30.0. The Bertz CT molecular complexity index is 678. The number of rotatable bonds is 3. The second-order valence-corrected chi connectivity index (χ2v) is 4.79. The van der Waals surface area contributed by atoms with Crippen molar-refractivity contribution in [2.24, 2.45) is 0 Å². The normalized spacial score (nSPS) is 10.1. The number of aromatic nitrogens is 2. The molecule has 0 saturated carbocycles. The van der Waals surface area contributed by atoms with Crippen molar-refractivity contribution in [2.45, 2.75) is 0 Å². The Balaban J connectivity index is 2.32. The number of hydrogen-bond acceptors (Lipinski definition) is 5. The second kappa shape index (κ2) is 5.93. The molecule has 102 valence electrons. The van der Waals surface area contributed by atoms with E-state index in [1.807, 2.05) is 0 Å². The first-order chi connectivity index (χ1) is 9.49. The molecule has 0 unspecified atom stereocenters. The quantitative estimate of drug-likeness (QED) is 0.672. The topological polar surface area (TPSA) is 98.0 Å². The van der Waals surface area contributed by atoms with Crippen LogP contribution in [0.25, 0.3) is 0 Å². The Kier molecular flexibility index (Phi) is 4.26. The van der Waals surface area contributed by atoms with Gasteiger partial charge in [0.2, 0.25) is 0 Å². The molecule has 0 spiro atoms. The van der Waals surface area contributed by atoms with Gasteiger partial charge >= 0.3 is 5.69 Å². The molecule has 0 atom stereocenters. The maximum atomic E-state index is 12.0. The largest absolute Gasteiger partial charge is 0.305 e. The van der Waals surface area contributed by atoms with E-state index in [9.17, 15) is 14.9 Å². The summed E-state index contributed by atoms with van der Waals surface area (Å²) in [6.45, 7) is 0. The Morgan fingerprint density at radius 1 is 1.35 bits per heavy atom. The lowest BCUT2D eigenvalue weighted by Gasteiger charge is -2.05. The van der Waals surface area contributed by atoms with Crippen molar-refractivity contribution in [2.75, 3.05) is 5.32 Å². The van der Waals surface area contributed by atoms with E-state index in [-0.39, 0.29) is 16.4 Å². The first-order valence-electron chi connectivity index (χ1n) is 5.21. The average Bonchev–Trinajstić information content (AvgIpc) is 2.40. The maximum absolute atomic E-state index is 12.0. The van der Waals surface area contributed by atoms with Gasteiger partial charge in [0.15, 0.2) is 5.82 Å². The number of nitro benzene ring substituents is 1. The SMILES string of the molecule is O=C(Nc1cnc(Br)cn1)c1cccc(Cl)c1[N+](=O)[O-]. The highest BCUT2D eigenvalue weighted by atomic mass is 79.9. The van der Waals surface area contributed by atoms with Crippen molar-refractivity contribution in [3.8, 4) is 0 Å². The van der Waals surface area contributed by atoms with E-state index in [0.717, 1.165) is 0 Å². The summed E-state index contributed by atoms with van der Waals surface area (Å²) in [5, 5.41) is 13.3. The third-order valence-electron chi connectivity index (χ3n) is 2.28. The number of halogens is 2. The smallest absolute Gasteiger partial charge is 0.300 e. The number of carbonyl (C=O) groups is 1. The van der Waals surface area contributed by atoms with E-state index < -0.39 is 16.5 Å². The molecule has 0 saturated heterocycles. The van der Waals surface area contributed by atoms with Gasteiger partial charge in [-0.3, -0.25) is 14.9 Å². The van der Waals surface area contributed by atoms with E-state index in [2.05, 4.69) is 31.2 Å². The van der Waals surface area contributed by atoms with Gasteiger partial charge in [0.1, 0.15) is 15.2 Å². The molecule has 0 bridgehead atoms. The van der Waals surface area contributed by atoms with Crippen LogP contribution >= 0.6 is 27.5 Å². The van der Waals surface area contributed by atoms with Crippen molar-refractivity contribution in [3.05, 3.63) is 55.9 Å². The number of benzene rings is 1. The lowest BCUT2D eigenvalue weighted by molar-refractivity contribution is -0.385. The van der Waals surface area contributed by atoms with Gasteiger partial charge in [-0.2, -0.15) is 0 Å². The number of nitro groups is 1. The van der Waals surface area contributed by atoms with Gasteiger partial charge in [-0.1, -0.05) is 17.7 Å². The zero-order valence-electron chi connectivity index (χ0n) is 9.71. The van der Waals surface area contributed by atoms with Crippen molar-refractivity contribution < 1.29 is 9.72 Å². The molecule has 20 heavy (non-hydrogen) atoms. The van der Waals surface area contributed by atoms with Crippen molar-refractivity contribution in [1.29, 1.82) is 0 Å². The van der Waals surface area contributed by atoms with E-state index in [0.29, 0.717) is 4.60 Å². The molecule has 1 N–H and O–H groups in total. The van der Waals surface area contributed by atoms with E-state index >= 15 is 0 Å². The molecule has 0 aliphatic heterocycles.